The highest BCUT2D eigenvalue weighted by molar-refractivity contribution is 14.0. The minimum atomic E-state index is -4.22. The van der Waals surface area contributed by atoms with Gasteiger partial charge in [-0.3, -0.25) is 9.89 Å². The van der Waals surface area contributed by atoms with E-state index in [0.717, 1.165) is 0 Å². The van der Waals surface area contributed by atoms with Crippen molar-refractivity contribution in [2.75, 3.05) is 53.4 Å². The number of alkyl halides is 3. The molecular weight excluding hydrogens is 479 g/mol. The molecule has 10 heteroatoms. The quantitative estimate of drug-likeness (QED) is 0.242. The summed E-state index contributed by atoms with van der Waals surface area (Å²) in [5.74, 6) is 0.310. The largest absolute Gasteiger partial charge is 0.489 e. The molecule has 0 aliphatic carbocycles. The van der Waals surface area contributed by atoms with Crippen LogP contribution in [-0.4, -0.2) is 75.4 Å². The number of para-hydroxylation sites is 1. The highest BCUT2D eigenvalue weighted by Crippen LogP contribution is 2.15. The van der Waals surface area contributed by atoms with Crippen molar-refractivity contribution in [3.63, 3.8) is 0 Å². The van der Waals surface area contributed by atoms with Gasteiger partial charge in [-0.15, -0.1) is 24.0 Å². The molecule has 0 fully saturated rings. The second-order valence-electron chi connectivity index (χ2n) is 5.79. The molecular formula is C17H27F4IN4O. The van der Waals surface area contributed by atoms with Gasteiger partial charge in [0.1, 0.15) is 6.61 Å². The fourth-order valence-corrected chi connectivity index (χ4v) is 2.14. The summed E-state index contributed by atoms with van der Waals surface area (Å²) in [6, 6.07) is 6.14. The Kier molecular flexibility index (Phi) is 12.4. The molecule has 0 unspecified atom stereocenters. The molecule has 5 nitrogen and oxygen atoms in total. The summed E-state index contributed by atoms with van der Waals surface area (Å²) >= 11 is 0. The lowest BCUT2D eigenvalue weighted by atomic mass is 10.3. The van der Waals surface area contributed by atoms with Gasteiger partial charge in [-0.25, -0.2) is 4.39 Å². The molecule has 1 aromatic rings. The van der Waals surface area contributed by atoms with Crippen LogP contribution in [0.4, 0.5) is 17.6 Å². The summed E-state index contributed by atoms with van der Waals surface area (Å²) in [6.07, 6.45) is -4.22. The fourth-order valence-electron chi connectivity index (χ4n) is 2.14. The number of benzene rings is 1. The number of aliphatic imine (C=N–C) groups is 1. The lowest BCUT2D eigenvalue weighted by Gasteiger charge is -2.23. The molecule has 1 N–H and O–H groups in total. The van der Waals surface area contributed by atoms with Crippen molar-refractivity contribution in [3.05, 3.63) is 30.1 Å². The summed E-state index contributed by atoms with van der Waals surface area (Å²) in [6.45, 7) is 2.66. The monoisotopic (exact) mass is 506 g/mol. The normalized spacial score (nSPS) is 11.9. The number of nitrogens with zero attached hydrogens (tertiary/aromatic N) is 3. The Morgan fingerprint density at radius 2 is 1.85 bits per heavy atom. The molecule has 0 saturated carbocycles. The molecule has 0 spiro atoms. The maximum atomic E-state index is 13.5. The number of guanidine groups is 1. The van der Waals surface area contributed by atoms with Crippen LogP contribution in [0.1, 0.15) is 6.92 Å². The zero-order valence-corrected chi connectivity index (χ0v) is 18.1. The first-order valence-corrected chi connectivity index (χ1v) is 8.35. The SMILES string of the molecule is CCNC(=NCCN(C)CC(F)(F)F)N(C)CCOc1ccccc1F.I. The molecule has 0 bridgehead atoms. The summed E-state index contributed by atoms with van der Waals surface area (Å²) in [5.41, 5.74) is 0. The van der Waals surface area contributed by atoms with Crippen LogP contribution in [0.5, 0.6) is 5.75 Å². The van der Waals surface area contributed by atoms with Crippen LogP contribution in [0, 0.1) is 5.82 Å². The van der Waals surface area contributed by atoms with Crippen molar-refractivity contribution in [1.82, 2.24) is 15.1 Å². The number of likely N-dealkylation sites (N-methyl/N-ethyl adjacent to an activating group) is 2. The first-order valence-electron chi connectivity index (χ1n) is 8.35. The van der Waals surface area contributed by atoms with Crippen LogP contribution in [0.15, 0.2) is 29.3 Å². The number of hydrogen-bond acceptors (Lipinski definition) is 3. The standard InChI is InChI=1S/C17H26F4N4O.HI/c1-4-22-16(23-9-10-24(2)13-17(19,20)21)25(3)11-12-26-15-8-6-5-7-14(15)18;/h5-8H,4,9-13H2,1-3H3,(H,22,23);1H. The number of hydrogen-bond donors (Lipinski definition) is 1. The minimum absolute atomic E-state index is 0. The Balaban J connectivity index is 0.00000676. The van der Waals surface area contributed by atoms with Crippen LogP contribution in [0.25, 0.3) is 0 Å². The highest BCUT2D eigenvalue weighted by atomic mass is 127. The predicted molar refractivity (Wildman–Crippen MR) is 109 cm³/mol. The lowest BCUT2D eigenvalue weighted by Crippen LogP contribution is -2.41. The third-order valence-electron chi connectivity index (χ3n) is 3.41. The van der Waals surface area contributed by atoms with Crippen molar-refractivity contribution < 1.29 is 22.3 Å². The summed E-state index contributed by atoms with van der Waals surface area (Å²) in [7, 11) is 3.19. The van der Waals surface area contributed by atoms with Gasteiger partial charge in [0.25, 0.3) is 0 Å². The molecule has 1 aromatic carbocycles. The maximum Gasteiger partial charge on any atom is 0.401 e. The number of nitrogens with one attached hydrogen (secondary N) is 1. The molecule has 0 aliphatic heterocycles. The maximum absolute atomic E-state index is 13.5. The summed E-state index contributed by atoms with van der Waals surface area (Å²) in [5, 5.41) is 3.07. The molecule has 27 heavy (non-hydrogen) atoms. The average molecular weight is 506 g/mol. The first-order chi connectivity index (χ1) is 12.2. The molecule has 0 atom stereocenters. The highest BCUT2D eigenvalue weighted by Gasteiger charge is 2.28. The van der Waals surface area contributed by atoms with Crippen molar-refractivity contribution >= 4 is 29.9 Å². The lowest BCUT2D eigenvalue weighted by molar-refractivity contribution is -0.142. The van der Waals surface area contributed by atoms with Gasteiger partial charge in [-0.2, -0.15) is 13.2 Å². The zero-order chi connectivity index (χ0) is 19.6. The predicted octanol–water partition coefficient (Wildman–Crippen LogP) is 3.21. The Morgan fingerprint density at radius 3 is 2.44 bits per heavy atom. The Labute approximate surface area is 174 Å². The summed E-state index contributed by atoms with van der Waals surface area (Å²) < 4.78 is 55.8. The average Bonchev–Trinajstić information content (AvgIpc) is 2.54. The third-order valence-corrected chi connectivity index (χ3v) is 3.41. The van der Waals surface area contributed by atoms with E-state index in [1.54, 1.807) is 30.1 Å². The molecule has 1 rings (SSSR count). The molecule has 0 amide bonds. The smallest absolute Gasteiger partial charge is 0.401 e. The summed E-state index contributed by atoms with van der Waals surface area (Å²) in [4.78, 5) is 7.28. The molecule has 0 aliphatic rings. The van der Waals surface area contributed by atoms with Gasteiger partial charge in [0, 0.05) is 20.1 Å². The number of rotatable bonds is 9. The van der Waals surface area contributed by atoms with Gasteiger partial charge < -0.3 is 15.0 Å². The molecule has 0 saturated heterocycles. The molecule has 0 heterocycles. The molecule has 156 valence electrons. The van der Waals surface area contributed by atoms with E-state index in [9.17, 15) is 17.6 Å². The van der Waals surface area contributed by atoms with E-state index < -0.39 is 18.5 Å². The van der Waals surface area contributed by atoms with Gasteiger partial charge in [-0.05, 0) is 26.1 Å². The van der Waals surface area contributed by atoms with Gasteiger partial charge in [0.05, 0.1) is 19.6 Å². The van der Waals surface area contributed by atoms with E-state index in [-0.39, 0.29) is 49.4 Å². The van der Waals surface area contributed by atoms with E-state index in [4.69, 9.17) is 4.74 Å². The topological polar surface area (TPSA) is 40.1 Å². The van der Waals surface area contributed by atoms with Crippen molar-refractivity contribution in [2.45, 2.75) is 13.1 Å². The van der Waals surface area contributed by atoms with Crippen molar-refractivity contribution in [1.29, 1.82) is 0 Å². The molecule has 0 radical (unpaired) electrons. The van der Waals surface area contributed by atoms with E-state index >= 15 is 0 Å². The van der Waals surface area contributed by atoms with E-state index in [1.807, 2.05) is 6.92 Å². The second kappa shape index (κ2) is 13.0. The third kappa shape index (κ3) is 11.2. The van der Waals surface area contributed by atoms with Crippen LogP contribution in [-0.2, 0) is 0 Å². The van der Waals surface area contributed by atoms with Crippen LogP contribution < -0.4 is 10.1 Å². The van der Waals surface area contributed by atoms with E-state index in [0.29, 0.717) is 19.0 Å². The number of halogens is 5. The Bertz CT molecular complexity index is 572. The minimum Gasteiger partial charge on any atom is -0.489 e. The van der Waals surface area contributed by atoms with Gasteiger partial charge >= 0.3 is 6.18 Å². The second-order valence-corrected chi connectivity index (χ2v) is 5.79. The Morgan fingerprint density at radius 1 is 1.19 bits per heavy atom. The van der Waals surface area contributed by atoms with Crippen molar-refractivity contribution in [3.8, 4) is 5.75 Å². The van der Waals surface area contributed by atoms with Crippen LogP contribution in [0.2, 0.25) is 0 Å². The number of ether oxygens (including phenoxy) is 1. The zero-order valence-electron chi connectivity index (χ0n) is 15.7. The fraction of sp³-hybridized carbons (Fsp3) is 0.588. The first kappa shape index (κ1) is 25.7. The van der Waals surface area contributed by atoms with Crippen molar-refractivity contribution in [2.24, 2.45) is 4.99 Å². The molecule has 0 aromatic heterocycles. The van der Waals surface area contributed by atoms with Gasteiger partial charge in [-0.1, -0.05) is 12.1 Å². The van der Waals surface area contributed by atoms with Gasteiger partial charge in [0.2, 0.25) is 0 Å². The van der Waals surface area contributed by atoms with Crippen LogP contribution in [0.3, 0.4) is 0 Å². The Hall–Kier alpha value is -1.30. The van der Waals surface area contributed by atoms with E-state index in [1.165, 1.54) is 18.0 Å². The van der Waals surface area contributed by atoms with E-state index in [2.05, 4.69) is 10.3 Å². The van der Waals surface area contributed by atoms with Crippen LogP contribution >= 0.6 is 24.0 Å². The van der Waals surface area contributed by atoms with Gasteiger partial charge in [0.15, 0.2) is 17.5 Å².